The van der Waals surface area contributed by atoms with E-state index < -0.39 is 0 Å². The highest BCUT2D eigenvalue weighted by atomic mass is 16.3. The largest absolute Gasteiger partial charge is 0.455 e. The van der Waals surface area contributed by atoms with Crippen molar-refractivity contribution in [3.8, 4) is 22.3 Å². The lowest BCUT2D eigenvalue weighted by Crippen LogP contribution is -1.88. The van der Waals surface area contributed by atoms with Gasteiger partial charge < -0.3 is 8.83 Å². The molecule has 0 N–H and O–H groups in total. The van der Waals surface area contributed by atoms with Crippen LogP contribution in [-0.2, 0) is 0 Å². The van der Waals surface area contributed by atoms with Crippen molar-refractivity contribution in [2.75, 3.05) is 0 Å². The van der Waals surface area contributed by atoms with Crippen LogP contribution in [0.15, 0.2) is 167 Å². The number of benzene rings is 10. The van der Waals surface area contributed by atoms with Crippen LogP contribution in [0.3, 0.4) is 0 Å². The normalized spacial score (nSPS) is 12.4. The summed E-state index contributed by atoms with van der Waals surface area (Å²) in [4.78, 5) is 0. The van der Waals surface area contributed by atoms with Gasteiger partial charge in [-0.2, -0.15) is 0 Å². The second-order valence-electron chi connectivity index (χ2n) is 13.7. The van der Waals surface area contributed by atoms with E-state index in [1.54, 1.807) is 0 Å². The van der Waals surface area contributed by atoms with Gasteiger partial charge in [-0.25, -0.2) is 0 Å². The average Bonchev–Trinajstić information content (AvgIpc) is 3.75. The molecule has 50 heavy (non-hydrogen) atoms. The van der Waals surface area contributed by atoms with E-state index >= 15 is 0 Å². The van der Waals surface area contributed by atoms with Gasteiger partial charge in [0.1, 0.15) is 22.3 Å². The molecule has 2 heterocycles. The van der Waals surface area contributed by atoms with Crippen molar-refractivity contribution >= 4 is 97.7 Å². The first-order valence-corrected chi connectivity index (χ1v) is 17.1. The van der Waals surface area contributed by atoms with Crippen LogP contribution in [0.4, 0.5) is 0 Å². The average molecular weight is 635 g/mol. The topological polar surface area (TPSA) is 26.3 Å². The van der Waals surface area contributed by atoms with Gasteiger partial charge in [-0.1, -0.05) is 97.1 Å². The smallest absolute Gasteiger partial charge is 0.143 e. The highest BCUT2D eigenvalue weighted by Gasteiger charge is 2.16. The number of furan rings is 2. The van der Waals surface area contributed by atoms with Crippen molar-refractivity contribution in [3.05, 3.63) is 158 Å². The first-order chi connectivity index (χ1) is 24.7. The summed E-state index contributed by atoms with van der Waals surface area (Å²) in [6.45, 7) is 0. The van der Waals surface area contributed by atoms with Crippen molar-refractivity contribution in [1.29, 1.82) is 0 Å². The monoisotopic (exact) mass is 634 g/mol. The molecule has 12 rings (SSSR count). The summed E-state index contributed by atoms with van der Waals surface area (Å²) in [5, 5.41) is 17.0. The Hall–Kier alpha value is -6.64. The van der Waals surface area contributed by atoms with Gasteiger partial charge in [-0.05, 0) is 126 Å². The summed E-state index contributed by atoms with van der Waals surface area (Å²) in [5.74, 6) is 0. The quantitative estimate of drug-likeness (QED) is 0.177. The van der Waals surface area contributed by atoms with Gasteiger partial charge in [0.05, 0.1) is 0 Å². The number of rotatable bonds is 2. The van der Waals surface area contributed by atoms with E-state index in [-0.39, 0.29) is 0 Å². The summed E-state index contributed by atoms with van der Waals surface area (Å²) in [5.41, 5.74) is 8.55. The molecular formula is C48H26O2. The molecule has 2 nitrogen and oxygen atoms in total. The zero-order valence-electron chi connectivity index (χ0n) is 26.8. The molecule has 0 bridgehead atoms. The van der Waals surface area contributed by atoms with E-state index in [0.29, 0.717) is 0 Å². The fraction of sp³-hybridized carbons (Fsp3) is 0. The second-order valence-corrected chi connectivity index (χ2v) is 13.7. The van der Waals surface area contributed by atoms with Crippen LogP contribution >= 0.6 is 0 Å². The summed E-state index contributed by atoms with van der Waals surface area (Å²) >= 11 is 0. The van der Waals surface area contributed by atoms with Crippen molar-refractivity contribution in [1.82, 2.24) is 0 Å². The van der Waals surface area contributed by atoms with Crippen molar-refractivity contribution < 1.29 is 8.83 Å². The summed E-state index contributed by atoms with van der Waals surface area (Å²) in [6.07, 6.45) is 0. The van der Waals surface area contributed by atoms with Crippen LogP contribution in [0.1, 0.15) is 0 Å². The van der Waals surface area contributed by atoms with Crippen molar-refractivity contribution in [3.63, 3.8) is 0 Å². The number of fused-ring (bicyclic) bond motifs is 10. The van der Waals surface area contributed by atoms with Crippen molar-refractivity contribution in [2.24, 2.45) is 0 Å². The van der Waals surface area contributed by atoms with Crippen molar-refractivity contribution in [2.45, 2.75) is 0 Å². The molecule has 0 aliphatic heterocycles. The maximum absolute atomic E-state index is 6.40. The lowest BCUT2D eigenvalue weighted by molar-refractivity contribution is 0.672. The molecule has 0 saturated carbocycles. The van der Waals surface area contributed by atoms with Gasteiger partial charge in [-0.3, -0.25) is 0 Å². The Kier molecular flexibility index (Phi) is 5.00. The molecule has 0 spiro atoms. The molecule has 0 unspecified atom stereocenters. The molecule has 10 aromatic carbocycles. The molecule has 2 aromatic heterocycles. The van der Waals surface area contributed by atoms with Gasteiger partial charge in [0, 0.05) is 32.3 Å². The molecule has 0 amide bonds. The number of hydrogen-bond acceptors (Lipinski definition) is 2. The Labute approximate surface area is 285 Å². The van der Waals surface area contributed by atoms with E-state index in [1.165, 1.54) is 65.3 Å². The van der Waals surface area contributed by atoms with Crippen LogP contribution in [0.25, 0.3) is 120 Å². The van der Waals surface area contributed by atoms with Gasteiger partial charge in [0.25, 0.3) is 0 Å². The molecule has 0 fully saturated rings. The Morgan fingerprint density at radius 1 is 0.260 bits per heavy atom. The highest BCUT2D eigenvalue weighted by molar-refractivity contribution is 6.25. The van der Waals surface area contributed by atoms with E-state index in [9.17, 15) is 0 Å². The summed E-state index contributed by atoms with van der Waals surface area (Å²) < 4.78 is 12.8. The third-order valence-electron chi connectivity index (χ3n) is 10.9. The molecule has 0 saturated heterocycles. The highest BCUT2D eigenvalue weighted by Crippen LogP contribution is 2.42. The second kappa shape index (κ2) is 9.49. The fourth-order valence-electron chi connectivity index (χ4n) is 8.54. The van der Waals surface area contributed by atoms with Crippen LogP contribution in [0.5, 0.6) is 0 Å². The summed E-state index contributed by atoms with van der Waals surface area (Å²) in [6, 6.07) is 57.4. The van der Waals surface area contributed by atoms with Gasteiger partial charge >= 0.3 is 0 Å². The Bertz CT molecular complexity index is 3080. The van der Waals surface area contributed by atoms with Gasteiger partial charge in [0.15, 0.2) is 0 Å². The van der Waals surface area contributed by atoms with E-state index in [2.05, 4.69) is 158 Å². The fourth-order valence-corrected chi connectivity index (χ4v) is 8.54. The van der Waals surface area contributed by atoms with Crippen LogP contribution in [-0.4, -0.2) is 0 Å². The number of hydrogen-bond donors (Lipinski definition) is 0. The van der Waals surface area contributed by atoms with Crippen LogP contribution in [0, 0.1) is 0 Å². The third-order valence-corrected chi connectivity index (χ3v) is 10.9. The molecule has 0 atom stereocenters. The zero-order chi connectivity index (χ0) is 32.5. The predicted octanol–water partition coefficient (Wildman–Crippen LogP) is 14.0. The lowest BCUT2D eigenvalue weighted by Gasteiger charge is -2.14. The first-order valence-electron chi connectivity index (χ1n) is 17.1. The van der Waals surface area contributed by atoms with Crippen LogP contribution in [0.2, 0.25) is 0 Å². The molecular weight excluding hydrogens is 609 g/mol. The molecule has 0 aliphatic carbocycles. The molecule has 12 aromatic rings. The molecule has 0 aliphatic rings. The summed E-state index contributed by atoms with van der Waals surface area (Å²) in [7, 11) is 0. The maximum atomic E-state index is 6.40. The van der Waals surface area contributed by atoms with E-state index in [4.69, 9.17) is 8.83 Å². The minimum Gasteiger partial charge on any atom is -0.455 e. The van der Waals surface area contributed by atoms with Gasteiger partial charge in [0.2, 0.25) is 0 Å². The standard InChI is InChI=1S/C48H26O2/c1-3-7-37-27(5-1)13-17-39-41-25-29(15-19-43(41)49-47(37)39)35-21-31-9-11-33-23-36(24-34-12-10-32(22-35)45(31)46(33)34)30-16-20-44-42(26-30)40-18-14-28-6-2-4-8-38(28)48(40)50-44/h1-26H. The van der Waals surface area contributed by atoms with Crippen LogP contribution < -0.4 is 0 Å². The van der Waals surface area contributed by atoms with E-state index in [0.717, 1.165) is 54.6 Å². The lowest BCUT2D eigenvalue weighted by atomic mass is 9.89. The SMILES string of the molecule is c1ccc2c(c1)ccc1c3cc(-c4cc5ccc6cc(-c7ccc8oc9c%10ccccc%10ccc9c8c7)cc7ccc(c4)c5c67)ccc3oc21. The van der Waals surface area contributed by atoms with Gasteiger partial charge in [-0.15, -0.1) is 0 Å². The molecule has 230 valence electrons. The minimum absolute atomic E-state index is 0.919. The minimum atomic E-state index is 0.919. The predicted molar refractivity (Wildman–Crippen MR) is 211 cm³/mol. The molecule has 0 radical (unpaired) electrons. The Balaban J connectivity index is 0.992. The zero-order valence-corrected chi connectivity index (χ0v) is 26.8. The maximum Gasteiger partial charge on any atom is 0.143 e. The third kappa shape index (κ3) is 3.57. The Morgan fingerprint density at radius 2 is 0.660 bits per heavy atom. The Morgan fingerprint density at radius 3 is 1.10 bits per heavy atom. The first kappa shape index (κ1) is 26.3. The molecule has 2 heteroatoms. The van der Waals surface area contributed by atoms with E-state index in [1.807, 2.05) is 0 Å².